The topological polar surface area (TPSA) is 49.8 Å². The van der Waals surface area contributed by atoms with Crippen LogP contribution in [0.4, 0.5) is 4.79 Å². The van der Waals surface area contributed by atoms with Crippen LogP contribution < -0.4 is 0 Å². The first-order valence-corrected chi connectivity index (χ1v) is 7.36. The highest BCUT2D eigenvalue weighted by molar-refractivity contribution is 5.69. The standard InChI is InChI=1S/C17H23NO3/c1-4-5-15(18-8-9-21-17(18)20)7-6-14-10-12(2)13(3)11-16(14)19/h4,10-11,15,19H,1,5-9H2,2-3H3. The van der Waals surface area contributed by atoms with E-state index in [1.54, 1.807) is 11.0 Å². The summed E-state index contributed by atoms with van der Waals surface area (Å²) in [5.41, 5.74) is 3.19. The molecule has 0 spiro atoms. The number of carbonyl (C=O) groups excluding carboxylic acids is 1. The molecule has 1 aromatic rings. The Morgan fingerprint density at radius 2 is 2.14 bits per heavy atom. The van der Waals surface area contributed by atoms with Crippen LogP contribution in [0.3, 0.4) is 0 Å². The zero-order chi connectivity index (χ0) is 15.4. The second-order valence-electron chi connectivity index (χ2n) is 5.59. The van der Waals surface area contributed by atoms with Crippen molar-refractivity contribution < 1.29 is 14.6 Å². The number of phenolic OH excluding ortho intramolecular Hbond substituents is 1. The average Bonchev–Trinajstić information content (AvgIpc) is 2.86. The van der Waals surface area contributed by atoms with E-state index in [2.05, 4.69) is 6.58 Å². The van der Waals surface area contributed by atoms with Crippen LogP contribution in [0.2, 0.25) is 0 Å². The van der Waals surface area contributed by atoms with Gasteiger partial charge in [0.1, 0.15) is 12.4 Å². The van der Waals surface area contributed by atoms with Crippen molar-refractivity contribution in [3.63, 3.8) is 0 Å². The first-order chi connectivity index (χ1) is 10.0. The minimum Gasteiger partial charge on any atom is -0.508 e. The Balaban J connectivity index is 2.06. The number of ether oxygens (including phenoxy) is 1. The molecule has 0 bridgehead atoms. The lowest BCUT2D eigenvalue weighted by Gasteiger charge is -2.24. The van der Waals surface area contributed by atoms with Crippen molar-refractivity contribution in [1.29, 1.82) is 0 Å². The van der Waals surface area contributed by atoms with Gasteiger partial charge in [-0.25, -0.2) is 4.79 Å². The van der Waals surface area contributed by atoms with Crippen molar-refractivity contribution in [1.82, 2.24) is 4.90 Å². The van der Waals surface area contributed by atoms with E-state index in [1.807, 2.05) is 26.0 Å². The van der Waals surface area contributed by atoms with Gasteiger partial charge in [-0.1, -0.05) is 12.1 Å². The zero-order valence-corrected chi connectivity index (χ0v) is 12.8. The minimum atomic E-state index is -0.244. The molecule has 1 saturated heterocycles. The van der Waals surface area contributed by atoms with Gasteiger partial charge in [0.25, 0.3) is 0 Å². The highest BCUT2D eigenvalue weighted by Crippen LogP contribution is 2.25. The summed E-state index contributed by atoms with van der Waals surface area (Å²) in [5, 5.41) is 10.1. The SMILES string of the molecule is C=CCC(CCc1cc(C)c(C)cc1O)N1CCOC1=O. The summed E-state index contributed by atoms with van der Waals surface area (Å²) < 4.78 is 5.01. The van der Waals surface area contributed by atoms with Crippen molar-refractivity contribution in [3.05, 3.63) is 41.5 Å². The van der Waals surface area contributed by atoms with Gasteiger partial charge >= 0.3 is 6.09 Å². The molecule has 1 N–H and O–H groups in total. The molecule has 1 aliphatic heterocycles. The van der Waals surface area contributed by atoms with E-state index < -0.39 is 0 Å². The highest BCUT2D eigenvalue weighted by atomic mass is 16.6. The predicted molar refractivity (Wildman–Crippen MR) is 82.6 cm³/mol. The van der Waals surface area contributed by atoms with Gasteiger partial charge in [0, 0.05) is 6.04 Å². The Hall–Kier alpha value is -1.97. The quantitative estimate of drug-likeness (QED) is 0.817. The summed E-state index contributed by atoms with van der Waals surface area (Å²) in [5.74, 6) is 0.333. The Labute approximate surface area is 126 Å². The summed E-state index contributed by atoms with van der Waals surface area (Å²) in [7, 11) is 0. The highest BCUT2D eigenvalue weighted by Gasteiger charge is 2.28. The Kier molecular flexibility index (Phi) is 4.89. The van der Waals surface area contributed by atoms with Gasteiger partial charge in [-0.15, -0.1) is 6.58 Å². The van der Waals surface area contributed by atoms with Gasteiger partial charge < -0.3 is 14.7 Å². The number of cyclic esters (lactones) is 1. The molecule has 0 radical (unpaired) electrons. The molecular formula is C17H23NO3. The van der Waals surface area contributed by atoms with E-state index in [9.17, 15) is 9.90 Å². The van der Waals surface area contributed by atoms with Gasteiger partial charge in [0.2, 0.25) is 0 Å². The molecule has 4 heteroatoms. The molecule has 0 aromatic heterocycles. The van der Waals surface area contributed by atoms with E-state index >= 15 is 0 Å². The fraction of sp³-hybridized carbons (Fsp3) is 0.471. The second kappa shape index (κ2) is 6.66. The molecule has 21 heavy (non-hydrogen) atoms. The number of rotatable bonds is 6. The van der Waals surface area contributed by atoms with Crippen LogP contribution >= 0.6 is 0 Å². The Bertz CT molecular complexity index is 539. The molecule has 1 atom stereocenters. The van der Waals surface area contributed by atoms with Gasteiger partial charge in [0.15, 0.2) is 0 Å². The van der Waals surface area contributed by atoms with Crippen LogP contribution in [0.1, 0.15) is 29.5 Å². The van der Waals surface area contributed by atoms with Gasteiger partial charge in [-0.3, -0.25) is 0 Å². The number of hydrogen-bond acceptors (Lipinski definition) is 3. The smallest absolute Gasteiger partial charge is 0.410 e. The van der Waals surface area contributed by atoms with Crippen molar-refractivity contribution in [2.75, 3.05) is 13.2 Å². The maximum absolute atomic E-state index is 11.7. The number of aryl methyl sites for hydroxylation is 3. The lowest BCUT2D eigenvalue weighted by atomic mass is 9.98. The van der Waals surface area contributed by atoms with Crippen molar-refractivity contribution in [3.8, 4) is 5.75 Å². The second-order valence-corrected chi connectivity index (χ2v) is 5.59. The molecule has 1 unspecified atom stereocenters. The van der Waals surface area contributed by atoms with Crippen molar-refractivity contribution in [2.24, 2.45) is 0 Å². The summed E-state index contributed by atoms with van der Waals surface area (Å²) >= 11 is 0. The largest absolute Gasteiger partial charge is 0.508 e. The number of benzene rings is 1. The monoisotopic (exact) mass is 289 g/mol. The molecule has 0 saturated carbocycles. The number of carbonyl (C=O) groups is 1. The van der Waals surface area contributed by atoms with E-state index in [-0.39, 0.29) is 12.1 Å². The molecular weight excluding hydrogens is 266 g/mol. The van der Waals surface area contributed by atoms with Crippen LogP contribution in [0.5, 0.6) is 5.75 Å². The molecule has 1 aromatic carbocycles. The van der Waals surface area contributed by atoms with E-state index in [0.717, 1.165) is 30.4 Å². The molecule has 1 heterocycles. The molecule has 1 fully saturated rings. The normalized spacial score (nSPS) is 15.9. The van der Waals surface area contributed by atoms with Crippen LogP contribution in [0.15, 0.2) is 24.8 Å². The van der Waals surface area contributed by atoms with E-state index in [0.29, 0.717) is 18.9 Å². The number of phenols is 1. The van der Waals surface area contributed by atoms with E-state index in [4.69, 9.17) is 4.74 Å². The molecule has 0 aliphatic carbocycles. The third-order valence-corrected chi connectivity index (χ3v) is 4.11. The maximum atomic E-state index is 11.7. The van der Waals surface area contributed by atoms with Crippen LogP contribution in [0, 0.1) is 13.8 Å². The van der Waals surface area contributed by atoms with Crippen molar-refractivity contribution in [2.45, 2.75) is 39.2 Å². The summed E-state index contributed by atoms with van der Waals surface area (Å²) in [6.45, 7) is 8.89. The molecule has 4 nitrogen and oxygen atoms in total. The van der Waals surface area contributed by atoms with Crippen LogP contribution in [-0.4, -0.2) is 35.3 Å². The summed E-state index contributed by atoms with van der Waals surface area (Å²) in [6.07, 6.45) is 3.84. The number of nitrogens with zero attached hydrogens (tertiary/aromatic N) is 1. The Morgan fingerprint density at radius 1 is 1.43 bits per heavy atom. The lowest BCUT2D eigenvalue weighted by molar-refractivity contribution is 0.146. The number of amides is 1. The predicted octanol–water partition coefficient (Wildman–Crippen LogP) is 3.34. The van der Waals surface area contributed by atoms with Gasteiger partial charge in [-0.05, 0) is 55.9 Å². The minimum absolute atomic E-state index is 0.0820. The van der Waals surface area contributed by atoms with Crippen molar-refractivity contribution >= 4 is 6.09 Å². The Morgan fingerprint density at radius 3 is 2.76 bits per heavy atom. The van der Waals surface area contributed by atoms with E-state index in [1.165, 1.54) is 5.56 Å². The molecule has 2 rings (SSSR count). The first-order valence-electron chi connectivity index (χ1n) is 7.36. The third kappa shape index (κ3) is 3.57. The third-order valence-electron chi connectivity index (χ3n) is 4.11. The number of aromatic hydroxyl groups is 1. The van der Waals surface area contributed by atoms with Crippen LogP contribution in [0.25, 0.3) is 0 Å². The average molecular weight is 289 g/mol. The lowest BCUT2D eigenvalue weighted by Crippen LogP contribution is -2.36. The first kappa shape index (κ1) is 15.4. The molecule has 1 amide bonds. The van der Waals surface area contributed by atoms with Gasteiger partial charge in [-0.2, -0.15) is 0 Å². The summed E-state index contributed by atoms with van der Waals surface area (Å²) in [4.78, 5) is 13.5. The molecule has 114 valence electrons. The number of hydrogen-bond donors (Lipinski definition) is 1. The fourth-order valence-corrected chi connectivity index (χ4v) is 2.71. The van der Waals surface area contributed by atoms with Gasteiger partial charge in [0.05, 0.1) is 6.54 Å². The van der Waals surface area contributed by atoms with Crippen LogP contribution in [-0.2, 0) is 11.2 Å². The fourth-order valence-electron chi connectivity index (χ4n) is 2.71. The maximum Gasteiger partial charge on any atom is 0.410 e. The summed E-state index contributed by atoms with van der Waals surface area (Å²) in [6, 6.07) is 3.91. The zero-order valence-electron chi connectivity index (χ0n) is 12.8. The molecule has 1 aliphatic rings.